The summed E-state index contributed by atoms with van der Waals surface area (Å²) in [7, 11) is 0. The third-order valence-corrected chi connectivity index (χ3v) is 2.74. The summed E-state index contributed by atoms with van der Waals surface area (Å²) >= 11 is 0. The summed E-state index contributed by atoms with van der Waals surface area (Å²) in [4.78, 5) is 0. The zero-order valence-electron chi connectivity index (χ0n) is 13.2. The van der Waals surface area contributed by atoms with E-state index in [1.54, 1.807) is 12.1 Å². The van der Waals surface area contributed by atoms with Gasteiger partial charge in [0, 0.05) is 4.11 Å². The number of hydrogen-bond donors (Lipinski definition) is 1. The first-order valence-electron chi connectivity index (χ1n) is 7.18. The number of phenolic OH excluding ortho intramolecular Hbond substituents is 1. The lowest BCUT2D eigenvalue weighted by Crippen LogP contribution is -1.93. The Kier molecular flexibility index (Phi) is 3.18. The molecule has 0 aliphatic rings. The van der Waals surface area contributed by atoms with Crippen LogP contribution < -0.4 is 0 Å². The lowest BCUT2D eigenvalue weighted by atomic mass is 9.95. The number of hydrogen-bond acceptors (Lipinski definition) is 1. The normalized spacial score (nSPS) is 15.8. The second kappa shape index (κ2) is 5.74. The third kappa shape index (κ3) is 3.73. The molecule has 0 amide bonds. The van der Waals surface area contributed by atoms with Crippen LogP contribution in [0.4, 0.5) is 0 Å². The highest BCUT2D eigenvalue weighted by Gasteiger charge is 2.06. The van der Waals surface area contributed by atoms with E-state index in [2.05, 4.69) is 26.8 Å². The zero-order chi connectivity index (χ0) is 14.6. The van der Waals surface area contributed by atoms with Gasteiger partial charge in [-0.2, -0.15) is 0 Å². The molecule has 0 aliphatic heterocycles. The van der Waals surface area contributed by atoms with E-state index >= 15 is 0 Å². The largest absolute Gasteiger partial charge is 0.508 e. The Labute approximate surface area is 103 Å². The summed E-state index contributed by atoms with van der Waals surface area (Å²) in [6, 6.07) is 4.89. The fourth-order valence-corrected chi connectivity index (χ4v) is 1.64. The van der Waals surface area contributed by atoms with Gasteiger partial charge in [-0.1, -0.05) is 30.7 Å². The summed E-state index contributed by atoms with van der Waals surface area (Å²) < 4.78 is 21.9. The molecule has 0 saturated carbocycles. The number of benzene rings is 1. The Morgan fingerprint density at radius 1 is 1.50 bits per heavy atom. The molecule has 1 atom stereocenters. The first-order valence-corrected chi connectivity index (χ1v) is 5.68. The lowest BCUT2D eigenvalue weighted by molar-refractivity contribution is 0.469. The monoisotopic (exact) mass is 221 g/mol. The number of rotatable bonds is 4. The van der Waals surface area contributed by atoms with Gasteiger partial charge in [0.1, 0.15) is 5.75 Å². The lowest BCUT2D eigenvalue weighted by Gasteiger charge is -2.12. The van der Waals surface area contributed by atoms with Crippen LogP contribution >= 0.6 is 0 Å². The van der Waals surface area contributed by atoms with Crippen molar-refractivity contribution >= 4 is 0 Å². The van der Waals surface area contributed by atoms with Crippen LogP contribution in [0.25, 0.3) is 0 Å². The van der Waals surface area contributed by atoms with E-state index in [0.29, 0.717) is 5.92 Å². The fraction of sp³-hybridized carbons (Fsp3) is 0.467. The smallest absolute Gasteiger partial charge is 0.118 e. The highest BCUT2D eigenvalue weighted by molar-refractivity contribution is 5.36. The van der Waals surface area contributed by atoms with Crippen LogP contribution in [0.5, 0.6) is 5.75 Å². The second-order valence-corrected chi connectivity index (χ2v) is 4.54. The van der Waals surface area contributed by atoms with E-state index in [-0.39, 0.29) is 11.3 Å². The maximum Gasteiger partial charge on any atom is 0.118 e. The van der Waals surface area contributed by atoms with Gasteiger partial charge < -0.3 is 5.11 Å². The van der Waals surface area contributed by atoms with Crippen LogP contribution in [0.2, 0.25) is 0 Å². The van der Waals surface area contributed by atoms with Crippen molar-refractivity contribution in [3.63, 3.8) is 0 Å². The molecule has 0 saturated heterocycles. The van der Waals surface area contributed by atoms with E-state index in [4.69, 9.17) is 4.11 Å². The van der Waals surface area contributed by atoms with Crippen molar-refractivity contribution < 1.29 is 9.22 Å². The highest BCUT2D eigenvalue weighted by Crippen LogP contribution is 2.26. The van der Waals surface area contributed by atoms with Crippen LogP contribution in [0, 0.1) is 6.85 Å². The second-order valence-electron chi connectivity index (χ2n) is 4.54. The van der Waals surface area contributed by atoms with Crippen LogP contribution in [-0.4, -0.2) is 5.11 Å². The van der Waals surface area contributed by atoms with E-state index in [1.807, 2.05) is 0 Å². The molecule has 1 rings (SSSR count). The molecule has 0 spiro atoms. The van der Waals surface area contributed by atoms with Gasteiger partial charge in [-0.15, -0.1) is 0 Å². The molecule has 0 radical (unpaired) electrons. The third-order valence-electron chi connectivity index (χ3n) is 2.74. The predicted octanol–water partition coefficient (Wildman–Crippen LogP) is 4.55. The van der Waals surface area contributed by atoms with E-state index < -0.39 is 6.85 Å². The number of allylic oxidation sites excluding steroid dienone is 2. The minimum atomic E-state index is -2.26. The topological polar surface area (TPSA) is 20.2 Å². The van der Waals surface area contributed by atoms with Crippen LogP contribution in [0.3, 0.4) is 0 Å². The summed E-state index contributed by atoms with van der Waals surface area (Å²) in [6.07, 6.45) is 4.16. The van der Waals surface area contributed by atoms with Crippen molar-refractivity contribution in [3.05, 3.63) is 41.0 Å². The van der Waals surface area contributed by atoms with E-state index in [1.165, 1.54) is 11.6 Å². The van der Waals surface area contributed by atoms with E-state index in [9.17, 15) is 5.11 Å². The predicted molar refractivity (Wildman–Crippen MR) is 69.9 cm³/mol. The Morgan fingerprint density at radius 2 is 2.25 bits per heavy atom. The standard InChI is InChI=1S/C15H22O/c1-11(2)6-5-7-12(3)14-9-8-13(4)15(16)10-14/h6,8-10,12,16H,5,7H2,1-4H3/t12-/m1/s1/i4D3. The highest BCUT2D eigenvalue weighted by atomic mass is 16.3. The average molecular weight is 221 g/mol. The Bertz CT molecular complexity index is 457. The Morgan fingerprint density at radius 3 is 2.81 bits per heavy atom. The molecular formula is C15H22O. The number of aromatic hydroxyl groups is 1. The summed E-state index contributed by atoms with van der Waals surface area (Å²) in [5.74, 6) is 0.165. The van der Waals surface area contributed by atoms with Gasteiger partial charge in [-0.3, -0.25) is 0 Å². The molecule has 1 aromatic carbocycles. The van der Waals surface area contributed by atoms with Gasteiger partial charge in [0.15, 0.2) is 0 Å². The first-order chi connectivity index (χ1) is 8.71. The quantitative estimate of drug-likeness (QED) is 0.739. The van der Waals surface area contributed by atoms with Crippen LogP contribution in [-0.2, 0) is 0 Å². The summed E-state index contributed by atoms with van der Waals surface area (Å²) in [6.45, 7) is 3.97. The molecule has 1 N–H and O–H groups in total. The number of aryl methyl sites for hydroxylation is 1. The van der Waals surface area contributed by atoms with Crippen LogP contribution in [0.1, 0.15) is 54.8 Å². The van der Waals surface area contributed by atoms with Crippen molar-refractivity contribution in [2.45, 2.75) is 46.4 Å². The average Bonchev–Trinajstić information content (AvgIpc) is 2.26. The number of phenols is 1. The SMILES string of the molecule is [2H]C([2H])([2H])c1ccc([C@H](C)CCC=C(C)C)cc1O. The van der Waals surface area contributed by atoms with Gasteiger partial charge in [0.05, 0.1) is 0 Å². The molecule has 0 heterocycles. The van der Waals surface area contributed by atoms with Crippen LogP contribution in [0.15, 0.2) is 29.8 Å². The van der Waals surface area contributed by atoms with Gasteiger partial charge >= 0.3 is 0 Å². The molecule has 0 aliphatic carbocycles. The fourth-order valence-electron chi connectivity index (χ4n) is 1.64. The van der Waals surface area contributed by atoms with Crippen molar-refractivity contribution in [1.82, 2.24) is 0 Å². The molecule has 1 nitrogen and oxygen atoms in total. The van der Waals surface area contributed by atoms with Crippen molar-refractivity contribution in [2.24, 2.45) is 0 Å². The maximum atomic E-state index is 9.82. The van der Waals surface area contributed by atoms with Crippen molar-refractivity contribution in [2.75, 3.05) is 0 Å². The molecule has 88 valence electrons. The minimum Gasteiger partial charge on any atom is -0.508 e. The van der Waals surface area contributed by atoms with Gasteiger partial charge in [0.2, 0.25) is 0 Å². The van der Waals surface area contributed by atoms with Crippen molar-refractivity contribution in [3.8, 4) is 5.75 Å². The Hall–Kier alpha value is -1.24. The molecule has 1 heteroatoms. The molecule has 0 bridgehead atoms. The molecular weight excluding hydrogens is 196 g/mol. The molecule has 16 heavy (non-hydrogen) atoms. The van der Waals surface area contributed by atoms with Gasteiger partial charge in [-0.05, 0) is 56.7 Å². The summed E-state index contributed by atoms with van der Waals surface area (Å²) in [5, 5.41) is 9.82. The minimum absolute atomic E-state index is 0.0211. The Balaban J connectivity index is 2.80. The maximum absolute atomic E-state index is 9.82. The first kappa shape index (κ1) is 8.86. The van der Waals surface area contributed by atoms with Gasteiger partial charge in [0.25, 0.3) is 0 Å². The molecule has 0 fully saturated rings. The molecule has 1 aromatic rings. The van der Waals surface area contributed by atoms with Gasteiger partial charge in [-0.25, -0.2) is 0 Å². The van der Waals surface area contributed by atoms with E-state index in [0.717, 1.165) is 18.4 Å². The molecule has 0 unspecified atom stereocenters. The summed E-state index contributed by atoms with van der Waals surface area (Å²) in [5.41, 5.74) is 2.30. The zero-order valence-corrected chi connectivity index (χ0v) is 10.2. The van der Waals surface area contributed by atoms with Crippen molar-refractivity contribution in [1.29, 1.82) is 0 Å². The molecule has 0 aromatic heterocycles.